The second kappa shape index (κ2) is 8.23. The SMILES string of the molecule is Fc1ccc(CN2CC(Oc3ccc(-c4noc(-c5cccnc5)n4)cc3)C2)cc1F. The van der Waals surface area contributed by atoms with E-state index in [2.05, 4.69) is 20.0 Å². The molecular formula is C23H18F2N4O2. The number of hydrogen-bond acceptors (Lipinski definition) is 6. The molecule has 2 aromatic carbocycles. The van der Waals surface area contributed by atoms with E-state index < -0.39 is 11.6 Å². The monoisotopic (exact) mass is 420 g/mol. The Balaban J connectivity index is 1.15. The third kappa shape index (κ3) is 4.29. The highest BCUT2D eigenvalue weighted by molar-refractivity contribution is 5.59. The van der Waals surface area contributed by atoms with Crippen LogP contribution in [0.5, 0.6) is 5.75 Å². The van der Waals surface area contributed by atoms with Gasteiger partial charge in [0.25, 0.3) is 5.89 Å². The molecule has 0 saturated carbocycles. The van der Waals surface area contributed by atoms with E-state index in [-0.39, 0.29) is 6.10 Å². The molecule has 5 rings (SSSR count). The summed E-state index contributed by atoms with van der Waals surface area (Å²) >= 11 is 0. The molecule has 156 valence electrons. The van der Waals surface area contributed by atoms with Crippen LogP contribution in [0.15, 0.2) is 71.5 Å². The van der Waals surface area contributed by atoms with Gasteiger partial charge in [0.15, 0.2) is 11.6 Å². The predicted octanol–water partition coefficient (Wildman–Crippen LogP) is 4.34. The number of halogens is 2. The maximum Gasteiger partial charge on any atom is 0.259 e. The topological polar surface area (TPSA) is 64.3 Å². The van der Waals surface area contributed by atoms with Crippen LogP contribution in [0, 0.1) is 11.6 Å². The molecule has 31 heavy (non-hydrogen) atoms. The van der Waals surface area contributed by atoms with Crippen molar-refractivity contribution in [1.29, 1.82) is 0 Å². The molecule has 1 aliphatic rings. The van der Waals surface area contributed by atoms with Gasteiger partial charge < -0.3 is 9.26 Å². The Bertz CT molecular complexity index is 1180. The number of nitrogens with zero attached hydrogens (tertiary/aromatic N) is 4. The normalized spacial score (nSPS) is 14.4. The minimum absolute atomic E-state index is 0.0542. The molecule has 0 N–H and O–H groups in total. The average Bonchev–Trinajstić information content (AvgIpc) is 3.26. The molecular weight excluding hydrogens is 402 g/mol. The molecule has 0 atom stereocenters. The van der Waals surface area contributed by atoms with E-state index in [9.17, 15) is 8.78 Å². The quantitative estimate of drug-likeness (QED) is 0.462. The van der Waals surface area contributed by atoms with Gasteiger partial charge in [-0.25, -0.2) is 8.78 Å². The number of rotatable bonds is 6. The molecule has 1 saturated heterocycles. The van der Waals surface area contributed by atoms with Crippen molar-refractivity contribution in [3.8, 4) is 28.6 Å². The number of likely N-dealkylation sites (tertiary alicyclic amines) is 1. The highest BCUT2D eigenvalue weighted by Crippen LogP contribution is 2.25. The van der Waals surface area contributed by atoms with Crippen LogP contribution in [-0.4, -0.2) is 39.2 Å². The third-order valence-electron chi connectivity index (χ3n) is 5.06. The Labute approximate surface area is 177 Å². The zero-order valence-electron chi connectivity index (χ0n) is 16.4. The maximum atomic E-state index is 13.3. The van der Waals surface area contributed by atoms with E-state index in [0.29, 0.717) is 18.3 Å². The molecule has 0 spiro atoms. The van der Waals surface area contributed by atoms with Crippen LogP contribution in [0.25, 0.3) is 22.8 Å². The molecule has 3 heterocycles. The lowest BCUT2D eigenvalue weighted by molar-refractivity contribution is 0.0145. The van der Waals surface area contributed by atoms with E-state index in [1.165, 1.54) is 6.07 Å². The second-order valence-corrected chi connectivity index (χ2v) is 7.37. The van der Waals surface area contributed by atoms with Crippen molar-refractivity contribution in [1.82, 2.24) is 20.0 Å². The zero-order valence-corrected chi connectivity index (χ0v) is 16.4. The van der Waals surface area contributed by atoms with Crippen molar-refractivity contribution in [2.24, 2.45) is 0 Å². The second-order valence-electron chi connectivity index (χ2n) is 7.37. The van der Waals surface area contributed by atoms with Crippen LogP contribution >= 0.6 is 0 Å². The van der Waals surface area contributed by atoms with Gasteiger partial charge in [0.1, 0.15) is 11.9 Å². The first-order valence-electron chi connectivity index (χ1n) is 9.81. The summed E-state index contributed by atoms with van der Waals surface area (Å²) in [5.41, 5.74) is 2.33. The lowest BCUT2D eigenvalue weighted by Crippen LogP contribution is -2.53. The summed E-state index contributed by atoms with van der Waals surface area (Å²) < 4.78 is 37.6. The van der Waals surface area contributed by atoms with E-state index >= 15 is 0 Å². The van der Waals surface area contributed by atoms with Crippen molar-refractivity contribution >= 4 is 0 Å². The molecule has 0 unspecified atom stereocenters. The minimum Gasteiger partial charge on any atom is -0.488 e. The van der Waals surface area contributed by atoms with E-state index in [1.54, 1.807) is 18.5 Å². The number of aromatic nitrogens is 3. The van der Waals surface area contributed by atoms with Gasteiger partial charge >= 0.3 is 0 Å². The van der Waals surface area contributed by atoms with Crippen LogP contribution in [0.3, 0.4) is 0 Å². The van der Waals surface area contributed by atoms with Crippen molar-refractivity contribution in [3.05, 3.63) is 84.2 Å². The number of hydrogen-bond donors (Lipinski definition) is 0. The molecule has 2 aromatic heterocycles. The van der Waals surface area contributed by atoms with E-state index in [0.717, 1.165) is 41.6 Å². The van der Waals surface area contributed by atoms with Crippen molar-refractivity contribution in [2.45, 2.75) is 12.6 Å². The van der Waals surface area contributed by atoms with Gasteiger partial charge in [0.2, 0.25) is 5.82 Å². The highest BCUT2D eigenvalue weighted by Gasteiger charge is 2.28. The molecule has 0 bridgehead atoms. The zero-order chi connectivity index (χ0) is 21.2. The largest absolute Gasteiger partial charge is 0.488 e. The van der Waals surface area contributed by atoms with Crippen molar-refractivity contribution < 1.29 is 18.0 Å². The number of ether oxygens (including phenoxy) is 1. The van der Waals surface area contributed by atoms with Gasteiger partial charge in [-0.3, -0.25) is 9.88 Å². The van der Waals surface area contributed by atoms with Crippen LogP contribution in [0.2, 0.25) is 0 Å². The van der Waals surface area contributed by atoms with Crippen molar-refractivity contribution in [3.63, 3.8) is 0 Å². The minimum atomic E-state index is -0.828. The fraction of sp³-hybridized carbons (Fsp3) is 0.174. The third-order valence-corrected chi connectivity index (χ3v) is 5.06. The lowest BCUT2D eigenvalue weighted by Gasteiger charge is -2.39. The first-order valence-corrected chi connectivity index (χ1v) is 9.81. The summed E-state index contributed by atoms with van der Waals surface area (Å²) in [7, 11) is 0. The van der Waals surface area contributed by atoms with Crippen LogP contribution in [-0.2, 0) is 6.54 Å². The number of pyridine rings is 1. The van der Waals surface area contributed by atoms with E-state index in [4.69, 9.17) is 9.26 Å². The summed E-state index contributed by atoms with van der Waals surface area (Å²) in [6.07, 6.45) is 3.41. The fourth-order valence-electron chi connectivity index (χ4n) is 3.44. The van der Waals surface area contributed by atoms with Gasteiger partial charge in [-0.1, -0.05) is 11.2 Å². The average molecular weight is 420 g/mol. The first kappa shape index (κ1) is 19.3. The first-order chi connectivity index (χ1) is 15.1. The Morgan fingerprint density at radius 2 is 1.84 bits per heavy atom. The van der Waals surface area contributed by atoms with Crippen LogP contribution < -0.4 is 4.74 Å². The Hall–Kier alpha value is -3.65. The molecule has 1 fully saturated rings. The maximum absolute atomic E-state index is 13.3. The Kier molecular flexibility index (Phi) is 5.13. The molecule has 8 heteroatoms. The molecule has 0 amide bonds. The molecule has 6 nitrogen and oxygen atoms in total. The standard InChI is InChI=1S/C23H18F2N4O2/c24-20-8-3-15(10-21(20)25)12-29-13-19(14-29)30-18-6-4-16(5-7-18)22-27-23(31-28-22)17-2-1-9-26-11-17/h1-11,19H,12-14H2. The fourth-order valence-corrected chi connectivity index (χ4v) is 3.44. The summed E-state index contributed by atoms with van der Waals surface area (Å²) in [4.78, 5) is 10.6. The van der Waals surface area contributed by atoms with Gasteiger partial charge in [-0.05, 0) is 54.1 Å². The van der Waals surface area contributed by atoms with Crippen LogP contribution in [0.4, 0.5) is 8.78 Å². The Morgan fingerprint density at radius 3 is 2.58 bits per heavy atom. The molecule has 0 aliphatic carbocycles. The molecule has 4 aromatic rings. The summed E-state index contributed by atoms with van der Waals surface area (Å²) in [6.45, 7) is 2.01. The molecule has 0 radical (unpaired) electrons. The van der Waals surface area contributed by atoms with Gasteiger partial charge in [-0.2, -0.15) is 4.98 Å². The van der Waals surface area contributed by atoms with E-state index in [1.807, 2.05) is 36.4 Å². The number of benzene rings is 2. The Morgan fingerprint density at radius 1 is 1.00 bits per heavy atom. The van der Waals surface area contributed by atoms with Gasteiger partial charge in [0.05, 0.1) is 5.56 Å². The summed E-state index contributed by atoms with van der Waals surface area (Å²) in [6, 6.07) is 15.2. The summed E-state index contributed by atoms with van der Waals surface area (Å²) in [5, 5.41) is 4.03. The summed E-state index contributed by atoms with van der Waals surface area (Å²) in [5.74, 6) is 0.00850. The highest BCUT2D eigenvalue weighted by atomic mass is 19.2. The molecule has 1 aliphatic heterocycles. The predicted molar refractivity (Wildman–Crippen MR) is 109 cm³/mol. The lowest BCUT2D eigenvalue weighted by atomic mass is 10.1. The van der Waals surface area contributed by atoms with Crippen LogP contribution in [0.1, 0.15) is 5.56 Å². The van der Waals surface area contributed by atoms with Gasteiger partial charge in [0, 0.05) is 37.6 Å². The smallest absolute Gasteiger partial charge is 0.259 e. The van der Waals surface area contributed by atoms with Crippen molar-refractivity contribution in [2.75, 3.05) is 13.1 Å². The van der Waals surface area contributed by atoms with Gasteiger partial charge in [-0.15, -0.1) is 0 Å².